The van der Waals surface area contributed by atoms with Gasteiger partial charge in [-0.1, -0.05) is 0 Å². The van der Waals surface area contributed by atoms with Crippen molar-refractivity contribution < 1.29 is 9.47 Å². The van der Waals surface area contributed by atoms with Crippen molar-refractivity contribution in [2.24, 2.45) is 0 Å². The summed E-state index contributed by atoms with van der Waals surface area (Å²) in [6.45, 7) is 1.10. The van der Waals surface area contributed by atoms with Crippen LogP contribution in [0.15, 0.2) is 24.4 Å². The molecule has 5 nitrogen and oxygen atoms in total. The van der Waals surface area contributed by atoms with E-state index in [0.717, 1.165) is 35.1 Å². The first kappa shape index (κ1) is 10.9. The molecule has 0 saturated heterocycles. The van der Waals surface area contributed by atoms with E-state index < -0.39 is 0 Å². The highest BCUT2D eigenvalue weighted by molar-refractivity contribution is 5.64. The molecule has 1 saturated carbocycles. The van der Waals surface area contributed by atoms with Gasteiger partial charge in [-0.25, -0.2) is 4.98 Å². The predicted molar refractivity (Wildman–Crippen MR) is 70.0 cm³/mol. The number of benzene rings is 1. The second-order valence-electron chi connectivity index (χ2n) is 4.97. The molecule has 0 atom stereocenters. The SMILES string of the molecule is c1cc2c(cc1-c1cnc(CNC3CC3)[nH]1)OCO2. The summed E-state index contributed by atoms with van der Waals surface area (Å²) in [5, 5.41) is 3.44. The van der Waals surface area contributed by atoms with Crippen LogP contribution in [0.1, 0.15) is 18.7 Å². The van der Waals surface area contributed by atoms with E-state index in [2.05, 4.69) is 15.3 Å². The molecule has 0 amide bonds. The molecule has 4 rings (SSSR count). The third-order valence-electron chi connectivity index (χ3n) is 3.45. The van der Waals surface area contributed by atoms with Crippen LogP contribution in [0.4, 0.5) is 0 Å². The van der Waals surface area contributed by atoms with Crippen LogP contribution in [0.5, 0.6) is 11.5 Å². The smallest absolute Gasteiger partial charge is 0.231 e. The zero-order valence-electron chi connectivity index (χ0n) is 10.5. The van der Waals surface area contributed by atoms with Gasteiger partial charge in [0.1, 0.15) is 5.82 Å². The fourth-order valence-electron chi connectivity index (χ4n) is 2.19. The highest BCUT2D eigenvalue weighted by Gasteiger charge is 2.20. The van der Waals surface area contributed by atoms with E-state index in [-0.39, 0.29) is 0 Å². The number of imidazole rings is 1. The van der Waals surface area contributed by atoms with Gasteiger partial charge in [-0.15, -0.1) is 0 Å². The van der Waals surface area contributed by atoms with Gasteiger partial charge in [0.15, 0.2) is 11.5 Å². The third kappa shape index (κ3) is 2.17. The minimum Gasteiger partial charge on any atom is -0.454 e. The lowest BCUT2D eigenvalue weighted by Gasteiger charge is -2.01. The number of nitrogens with zero attached hydrogens (tertiary/aromatic N) is 1. The van der Waals surface area contributed by atoms with Gasteiger partial charge in [-0.3, -0.25) is 0 Å². The molecule has 19 heavy (non-hydrogen) atoms. The number of ether oxygens (including phenoxy) is 2. The van der Waals surface area contributed by atoms with Gasteiger partial charge in [-0.2, -0.15) is 0 Å². The molecule has 5 heteroatoms. The lowest BCUT2D eigenvalue weighted by molar-refractivity contribution is 0.174. The van der Waals surface area contributed by atoms with Crippen LogP contribution < -0.4 is 14.8 Å². The molecule has 0 unspecified atom stereocenters. The van der Waals surface area contributed by atoms with E-state index in [0.29, 0.717) is 12.8 Å². The Morgan fingerprint density at radius 1 is 1.26 bits per heavy atom. The van der Waals surface area contributed by atoms with Crippen LogP contribution in [0.25, 0.3) is 11.3 Å². The Bertz CT molecular complexity index is 604. The van der Waals surface area contributed by atoms with Crippen LogP contribution in [0.3, 0.4) is 0 Å². The number of fused-ring (bicyclic) bond motifs is 1. The molecular weight excluding hydrogens is 242 g/mol. The number of aromatic amines is 1. The maximum absolute atomic E-state index is 5.39. The Hall–Kier alpha value is -2.01. The summed E-state index contributed by atoms with van der Waals surface area (Å²) in [6, 6.07) is 6.62. The first-order valence-corrected chi connectivity index (χ1v) is 6.56. The highest BCUT2D eigenvalue weighted by Crippen LogP contribution is 2.35. The third-order valence-corrected chi connectivity index (χ3v) is 3.45. The summed E-state index contributed by atoms with van der Waals surface area (Å²) in [7, 11) is 0. The molecule has 0 spiro atoms. The Labute approximate surface area is 111 Å². The minimum absolute atomic E-state index is 0.304. The standard InChI is InChI=1S/C14H15N3O2/c1-4-12-13(19-8-18-12)5-9(1)11-6-16-14(17-11)7-15-10-2-3-10/h1,4-6,10,15H,2-3,7-8H2,(H,16,17). The summed E-state index contributed by atoms with van der Waals surface area (Å²) < 4.78 is 10.7. The van der Waals surface area contributed by atoms with Crippen molar-refractivity contribution in [2.75, 3.05) is 6.79 Å². The van der Waals surface area contributed by atoms with Crippen LogP contribution in [-0.4, -0.2) is 22.8 Å². The van der Waals surface area contributed by atoms with E-state index in [9.17, 15) is 0 Å². The first-order chi connectivity index (χ1) is 9.38. The molecule has 2 aliphatic rings. The molecule has 1 aliphatic carbocycles. The van der Waals surface area contributed by atoms with E-state index in [1.807, 2.05) is 24.4 Å². The van der Waals surface area contributed by atoms with Gasteiger partial charge in [-0.05, 0) is 31.0 Å². The molecule has 1 aliphatic heterocycles. The van der Waals surface area contributed by atoms with Crippen molar-refractivity contribution in [1.82, 2.24) is 15.3 Å². The molecule has 98 valence electrons. The molecule has 2 aromatic rings. The second kappa shape index (κ2) is 4.28. The number of aromatic nitrogens is 2. The number of rotatable bonds is 4. The molecule has 0 radical (unpaired) electrons. The maximum atomic E-state index is 5.39. The Morgan fingerprint density at radius 2 is 2.16 bits per heavy atom. The number of hydrogen-bond donors (Lipinski definition) is 2. The summed E-state index contributed by atoms with van der Waals surface area (Å²) in [4.78, 5) is 7.73. The van der Waals surface area contributed by atoms with Crippen LogP contribution >= 0.6 is 0 Å². The number of H-pyrrole nitrogens is 1. The first-order valence-electron chi connectivity index (χ1n) is 6.56. The van der Waals surface area contributed by atoms with Crippen molar-refractivity contribution in [3.05, 3.63) is 30.2 Å². The van der Waals surface area contributed by atoms with Gasteiger partial charge in [0.2, 0.25) is 6.79 Å². The number of nitrogens with one attached hydrogen (secondary N) is 2. The second-order valence-corrected chi connectivity index (χ2v) is 4.97. The monoisotopic (exact) mass is 257 g/mol. The zero-order valence-corrected chi connectivity index (χ0v) is 10.5. The highest BCUT2D eigenvalue weighted by atomic mass is 16.7. The molecule has 0 bridgehead atoms. The van der Waals surface area contributed by atoms with Crippen molar-refractivity contribution in [2.45, 2.75) is 25.4 Å². The summed E-state index contributed by atoms with van der Waals surface area (Å²) >= 11 is 0. The lowest BCUT2D eigenvalue weighted by atomic mass is 10.1. The fourth-order valence-corrected chi connectivity index (χ4v) is 2.19. The van der Waals surface area contributed by atoms with E-state index >= 15 is 0 Å². The van der Waals surface area contributed by atoms with E-state index in [1.54, 1.807) is 0 Å². The van der Waals surface area contributed by atoms with Crippen molar-refractivity contribution in [1.29, 1.82) is 0 Å². The largest absolute Gasteiger partial charge is 0.454 e. The van der Waals surface area contributed by atoms with E-state index in [4.69, 9.17) is 9.47 Å². The van der Waals surface area contributed by atoms with Gasteiger partial charge >= 0.3 is 0 Å². The van der Waals surface area contributed by atoms with Gasteiger partial charge in [0, 0.05) is 11.6 Å². The van der Waals surface area contributed by atoms with Gasteiger partial charge in [0.05, 0.1) is 18.4 Å². The maximum Gasteiger partial charge on any atom is 0.231 e. The summed E-state index contributed by atoms with van der Waals surface area (Å²) in [6.07, 6.45) is 4.44. The number of hydrogen-bond acceptors (Lipinski definition) is 4. The zero-order chi connectivity index (χ0) is 12.7. The Kier molecular flexibility index (Phi) is 2.45. The quantitative estimate of drug-likeness (QED) is 0.880. The van der Waals surface area contributed by atoms with Crippen molar-refractivity contribution >= 4 is 0 Å². The molecule has 1 aromatic heterocycles. The van der Waals surface area contributed by atoms with E-state index in [1.165, 1.54) is 12.8 Å². The van der Waals surface area contributed by atoms with Crippen molar-refractivity contribution in [3.63, 3.8) is 0 Å². The molecule has 1 aromatic carbocycles. The van der Waals surface area contributed by atoms with Gasteiger partial charge in [0.25, 0.3) is 0 Å². The lowest BCUT2D eigenvalue weighted by Crippen LogP contribution is -2.16. The average Bonchev–Trinajstić information content (AvgIpc) is 2.96. The predicted octanol–water partition coefficient (Wildman–Crippen LogP) is 2.06. The average molecular weight is 257 g/mol. The molecular formula is C14H15N3O2. The van der Waals surface area contributed by atoms with Crippen LogP contribution in [-0.2, 0) is 6.54 Å². The van der Waals surface area contributed by atoms with Gasteiger partial charge < -0.3 is 19.8 Å². The Morgan fingerprint density at radius 3 is 3.05 bits per heavy atom. The molecule has 2 N–H and O–H groups in total. The normalized spacial score (nSPS) is 16.8. The molecule has 1 fully saturated rings. The summed E-state index contributed by atoms with van der Waals surface area (Å²) in [5.74, 6) is 2.57. The summed E-state index contributed by atoms with van der Waals surface area (Å²) in [5.41, 5.74) is 2.07. The fraction of sp³-hybridized carbons (Fsp3) is 0.357. The van der Waals surface area contributed by atoms with Crippen LogP contribution in [0.2, 0.25) is 0 Å². The van der Waals surface area contributed by atoms with Crippen molar-refractivity contribution in [3.8, 4) is 22.8 Å². The Balaban J connectivity index is 1.54. The molecule has 2 heterocycles. The topological polar surface area (TPSA) is 59.2 Å². The van der Waals surface area contributed by atoms with Crippen LogP contribution in [0, 0.1) is 0 Å². The minimum atomic E-state index is 0.304.